The van der Waals surface area contributed by atoms with Crippen molar-refractivity contribution >= 4 is 5.91 Å². The number of likely N-dealkylation sites (tertiary alicyclic amines) is 1. The van der Waals surface area contributed by atoms with Crippen molar-refractivity contribution in [2.75, 3.05) is 26.7 Å². The summed E-state index contributed by atoms with van der Waals surface area (Å²) in [7, 11) is 1.59. The summed E-state index contributed by atoms with van der Waals surface area (Å²) in [6.07, 6.45) is 7.72. The van der Waals surface area contributed by atoms with E-state index in [0.717, 1.165) is 19.5 Å². The quantitative estimate of drug-likeness (QED) is 0.841. The summed E-state index contributed by atoms with van der Waals surface area (Å²) in [6.45, 7) is 5.20. The predicted molar refractivity (Wildman–Crippen MR) is 87.2 cm³/mol. The Morgan fingerprint density at radius 1 is 1.50 bits per heavy atom. The van der Waals surface area contributed by atoms with Gasteiger partial charge in [-0.3, -0.25) is 14.7 Å². The van der Waals surface area contributed by atoms with Crippen molar-refractivity contribution < 1.29 is 9.53 Å². The molecule has 1 amide bonds. The third-order valence-electron chi connectivity index (χ3n) is 4.25. The zero-order valence-electron chi connectivity index (χ0n) is 13.7. The van der Waals surface area contributed by atoms with Gasteiger partial charge in [-0.25, -0.2) is 0 Å². The van der Waals surface area contributed by atoms with E-state index in [4.69, 9.17) is 4.74 Å². The monoisotopic (exact) mass is 305 g/mol. The van der Waals surface area contributed by atoms with Gasteiger partial charge in [0.05, 0.1) is 7.11 Å². The average Bonchev–Trinajstić information content (AvgIpc) is 2.58. The highest BCUT2D eigenvalue weighted by Gasteiger charge is 2.22. The number of pyridine rings is 1. The van der Waals surface area contributed by atoms with Gasteiger partial charge in [0.1, 0.15) is 11.4 Å². The van der Waals surface area contributed by atoms with E-state index in [1.165, 1.54) is 25.7 Å². The molecule has 1 fully saturated rings. The summed E-state index contributed by atoms with van der Waals surface area (Å²) in [6, 6.07) is 3.87. The fourth-order valence-electron chi connectivity index (χ4n) is 2.91. The molecule has 5 heteroatoms. The number of nitrogens with zero attached hydrogens (tertiary/aromatic N) is 2. The molecule has 22 heavy (non-hydrogen) atoms. The van der Waals surface area contributed by atoms with Gasteiger partial charge in [0.25, 0.3) is 5.91 Å². The summed E-state index contributed by atoms with van der Waals surface area (Å²) in [5.74, 6) is 0.530. The highest BCUT2D eigenvalue weighted by molar-refractivity contribution is 5.92. The number of hydrogen-bond acceptors (Lipinski definition) is 4. The van der Waals surface area contributed by atoms with Crippen molar-refractivity contribution in [1.82, 2.24) is 15.2 Å². The Bertz CT molecular complexity index is 479. The minimum absolute atomic E-state index is 0.125. The molecule has 122 valence electrons. The molecular formula is C17H27N3O2. The van der Waals surface area contributed by atoms with Crippen molar-refractivity contribution in [2.45, 2.75) is 45.1 Å². The number of rotatable bonds is 7. The summed E-state index contributed by atoms with van der Waals surface area (Å²) in [5.41, 5.74) is 0.412. The third kappa shape index (κ3) is 4.70. The first-order valence-electron chi connectivity index (χ1n) is 8.27. The standard InChI is InChI=1S/C17H27N3O2/c1-3-4-10-20-11-6-5-7-14(20)13-19-17(21)16-12-15(22-2)8-9-18-16/h8-9,12,14H,3-7,10-11,13H2,1-2H3,(H,19,21). The Morgan fingerprint density at radius 3 is 3.14 bits per heavy atom. The molecule has 1 saturated heterocycles. The van der Waals surface area contributed by atoms with E-state index in [2.05, 4.69) is 22.1 Å². The molecule has 2 heterocycles. The third-order valence-corrected chi connectivity index (χ3v) is 4.25. The number of unbranched alkanes of at least 4 members (excludes halogenated alkanes) is 1. The Labute approximate surface area is 133 Å². The first kappa shape index (κ1) is 16.7. The highest BCUT2D eigenvalue weighted by Crippen LogP contribution is 2.17. The fourth-order valence-corrected chi connectivity index (χ4v) is 2.91. The number of amides is 1. The molecule has 1 unspecified atom stereocenters. The minimum Gasteiger partial charge on any atom is -0.497 e. The smallest absolute Gasteiger partial charge is 0.270 e. The number of carbonyl (C=O) groups is 1. The summed E-state index contributed by atoms with van der Waals surface area (Å²) < 4.78 is 5.13. The Morgan fingerprint density at radius 2 is 2.36 bits per heavy atom. The second kappa shape index (κ2) is 8.73. The second-order valence-corrected chi connectivity index (χ2v) is 5.83. The molecule has 5 nitrogen and oxygen atoms in total. The first-order chi connectivity index (χ1) is 10.7. The van der Waals surface area contributed by atoms with Crippen LogP contribution in [0.25, 0.3) is 0 Å². The molecule has 1 aromatic heterocycles. The number of hydrogen-bond donors (Lipinski definition) is 1. The number of ether oxygens (including phenoxy) is 1. The van der Waals surface area contributed by atoms with Crippen LogP contribution >= 0.6 is 0 Å². The highest BCUT2D eigenvalue weighted by atomic mass is 16.5. The molecule has 0 radical (unpaired) electrons. The molecule has 1 atom stereocenters. The number of nitrogens with one attached hydrogen (secondary N) is 1. The van der Waals surface area contributed by atoms with Crippen LogP contribution in [0.4, 0.5) is 0 Å². The number of methoxy groups -OCH3 is 1. The lowest BCUT2D eigenvalue weighted by Gasteiger charge is -2.35. The van der Waals surface area contributed by atoms with Crippen LogP contribution in [-0.4, -0.2) is 48.6 Å². The molecule has 1 aromatic rings. The van der Waals surface area contributed by atoms with Crippen molar-refractivity contribution in [3.63, 3.8) is 0 Å². The molecule has 0 saturated carbocycles. The lowest BCUT2D eigenvalue weighted by atomic mass is 10.0. The molecular weight excluding hydrogens is 278 g/mol. The second-order valence-electron chi connectivity index (χ2n) is 5.83. The van der Waals surface area contributed by atoms with Crippen LogP contribution in [0.1, 0.15) is 49.5 Å². The van der Waals surface area contributed by atoms with Crippen LogP contribution < -0.4 is 10.1 Å². The molecule has 1 N–H and O–H groups in total. The maximum Gasteiger partial charge on any atom is 0.270 e. The van der Waals surface area contributed by atoms with Gasteiger partial charge >= 0.3 is 0 Å². The summed E-state index contributed by atoms with van der Waals surface area (Å²) >= 11 is 0. The van der Waals surface area contributed by atoms with Gasteiger partial charge < -0.3 is 10.1 Å². The van der Waals surface area contributed by atoms with Crippen LogP contribution in [0.5, 0.6) is 5.75 Å². The molecule has 0 bridgehead atoms. The first-order valence-corrected chi connectivity index (χ1v) is 8.27. The Hall–Kier alpha value is -1.62. The van der Waals surface area contributed by atoms with Crippen molar-refractivity contribution in [2.24, 2.45) is 0 Å². The average molecular weight is 305 g/mol. The van der Waals surface area contributed by atoms with Gasteiger partial charge in [-0.1, -0.05) is 19.8 Å². The van der Waals surface area contributed by atoms with Crippen molar-refractivity contribution in [3.8, 4) is 5.75 Å². The maximum absolute atomic E-state index is 12.2. The van der Waals surface area contributed by atoms with Gasteiger partial charge in [0, 0.05) is 24.8 Å². The van der Waals surface area contributed by atoms with E-state index in [1.54, 1.807) is 25.4 Å². The van der Waals surface area contributed by atoms with Crippen LogP contribution in [0, 0.1) is 0 Å². The van der Waals surface area contributed by atoms with Crippen LogP contribution in [-0.2, 0) is 0 Å². The van der Waals surface area contributed by atoms with Crippen LogP contribution in [0.15, 0.2) is 18.3 Å². The summed E-state index contributed by atoms with van der Waals surface area (Å²) in [4.78, 5) is 18.9. The van der Waals surface area contributed by atoms with E-state index in [9.17, 15) is 4.79 Å². The largest absolute Gasteiger partial charge is 0.497 e. The SMILES string of the molecule is CCCCN1CCCCC1CNC(=O)c1cc(OC)ccn1. The van der Waals surface area contributed by atoms with Gasteiger partial charge in [-0.2, -0.15) is 0 Å². The topological polar surface area (TPSA) is 54.5 Å². The molecule has 0 aromatic carbocycles. The van der Waals surface area contributed by atoms with Gasteiger partial charge in [0.2, 0.25) is 0 Å². The van der Waals surface area contributed by atoms with Crippen LogP contribution in [0.3, 0.4) is 0 Å². The summed E-state index contributed by atoms with van der Waals surface area (Å²) in [5, 5.41) is 3.03. The van der Waals surface area contributed by atoms with E-state index in [-0.39, 0.29) is 5.91 Å². The maximum atomic E-state index is 12.2. The predicted octanol–water partition coefficient (Wildman–Crippen LogP) is 2.47. The zero-order valence-corrected chi connectivity index (χ0v) is 13.7. The molecule has 0 spiro atoms. The van der Waals surface area contributed by atoms with Gasteiger partial charge in [-0.15, -0.1) is 0 Å². The number of carbonyl (C=O) groups excluding carboxylic acids is 1. The van der Waals surface area contributed by atoms with E-state index in [1.807, 2.05) is 0 Å². The van der Waals surface area contributed by atoms with Gasteiger partial charge in [-0.05, 0) is 38.4 Å². The fraction of sp³-hybridized carbons (Fsp3) is 0.647. The van der Waals surface area contributed by atoms with Crippen molar-refractivity contribution in [1.29, 1.82) is 0 Å². The Kier molecular flexibility index (Phi) is 6.65. The van der Waals surface area contributed by atoms with Crippen molar-refractivity contribution in [3.05, 3.63) is 24.0 Å². The Balaban J connectivity index is 1.88. The zero-order chi connectivity index (χ0) is 15.8. The normalized spacial score (nSPS) is 18.9. The molecule has 1 aliphatic rings. The molecule has 0 aliphatic carbocycles. The lowest BCUT2D eigenvalue weighted by molar-refractivity contribution is 0.0907. The van der Waals surface area contributed by atoms with E-state index >= 15 is 0 Å². The van der Waals surface area contributed by atoms with Gasteiger partial charge in [0.15, 0.2) is 0 Å². The minimum atomic E-state index is -0.125. The van der Waals surface area contributed by atoms with E-state index in [0.29, 0.717) is 24.0 Å². The van der Waals surface area contributed by atoms with Crippen LogP contribution in [0.2, 0.25) is 0 Å². The molecule has 2 rings (SSSR count). The molecule has 1 aliphatic heterocycles. The number of aromatic nitrogens is 1. The number of piperidine rings is 1. The van der Waals surface area contributed by atoms with E-state index < -0.39 is 0 Å². The lowest BCUT2D eigenvalue weighted by Crippen LogP contribution is -2.47.